The van der Waals surface area contributed by atoms with Gasteiger partial charge in [-0.3, -0.25) is 14.3 Å². The van der Waals surface area contributed by atoms with Gasteiger partial charge < -0.3 is 15.4 Å². The third-order valence-electron chi connectivity index (χ3n) is 5.10. The second kappa shape index (κ2) is 11.6. The number of hydrogen-bond acceptors (Lipinski definition) is 6. The molecule has 1 atom stereocenters. The maximum absolute atomic E-state index is 13.2. The van der Waals surface area contributed by atoms with Crippen molar-refractivity contribution in [2.75, 3.05) is 18.5 Å². The number of carbonyl (C=O) groups excluding carboxylic acids is 2. The lowest BCUT2D eigenvalue weighted by Gasteiger charge is -2.26. The van der Waals surface area contributed by atoms with Crippen molar-refractivity contribution in [1.82, 2.24) is 15.0 Å². The molecule has 0 saturated carbocycles. The first-order chi connectivity index (χ1) is 15.7. The number of ether oxygens (including phenoxy) is 1. The van der Waals surface area contributed by atoms with Gasteiger partial charge in [-0.2, -0.15) is 0 Å². The Morgan fingerprint density at radius 2 is 1.85 bits per heavy atom. The Morgan fingerprint density at radius 3 is 2.45 bits per heavy atom. The maximum atomic E-state index is 13.2. The average Bonchev–Trinajstić information content (AvgIpc) is 2.78. The number of amides is 2. The van der Waals surface area contributed by atoms with Crippen LogP contribution in [-0.2, 0) is 9.53 Å². The summed E-state index contributed by atoms with van der Waals surface area (Å²) in [5.74, 6) is -0.884. The smallest absolute Gasteiger partial charge is 0.251 e. The van der Waals surface area contributed by atoms with Crippen LogP contribution in [0.2, 0.25) is 0 Å². The highest BCUT2D eigenvalue weighted by Crippen LogP contribution is 2.22. The Kier molecular flexibility index (Phi) is 8.82. The van der Waals surface area contributed by atoms with Crippen LogP contribution < -0.4 is 15.4 Å². The molecule has 2 amide bonds. The van der Waals surface area contributed by atoms with Crippen LogP contribution in [0.1, 0.15) is 50.4 Å². The van der Waals surface area contributed by atoms with Gasteiger partial charge in [0.2, 0.25) is 5.91 Å². The van der Waals surface area contributed by atoms with Crippen molar-refractivity contribution < 1.29 is 18.7 Å². The Labute approximate surface area is 198 Å². The first-order valence-corrected chi connectivity index (χ1v) is 11.9. The summed E-state index contributed by atoms with van der Waals surface area (Å²) in [6.07, 6.45) is 3.77. The van der Waals surface area contributed by atoms with E-state index in [-0.39, 0.29) is 17.4 Å². The molecular weight excluding hydrogens is 443 g/mol. The lowest BCUT2D eigenvalue weighted by atomic mass is 9.92. The molecule has 9 heteroatoms. The van der Waals surface area contributed by atoms with Crippen LogP contribution in [0.25, 0.3) is 0 Å². The molecule has 3 N–H and O–H groups in total. The van der Waals surface area contributed by atoms with E-state index in [4.69, 9.17) is 4.74 Å². The minimum atomic E-state index is -0.734. The number of nitrogens with one attached hydrogen (secondary N) is 3. The molecule has 3 rings (SSSR count). The van der Waals surface area contributed by atoms with Gasteiger partial charge in [-0.05, 0) is 94.3 Å². The molecule has 33 heavy (non-hydrogen) atoms. The van der Waals surface area contributed by atoms with Crippen LogP contribution in [0, 0.1) is 11.7 Å². The van der Waals surface area contributed by atoms with Gasteiger partial charge in [-0.25, -0.2) is 9.37 Å². The molecule has 178 valence electrons. The lowest BCUT2D eigenvalue weighted by molar-refractivity contribution is -0.118. The zero-order valence-corrected chi connectivity index (χ0v) is 20.0. The van der Waals surface area contributed by atoms with E-state index in [0.29, 0.717) is 30.9 Å². The maximum Gasteiger partial charge on any atom is 0.251 e. The second-order valence-electron chi connectivity index (χ2n) is 9.15. The van der Waals surface area contributed by atoms with Crippen LogP contribution in [0.4, 0.5) is 10.1 Å². The van der Waals surface area contributed by atoms with Gasteiger partial charge in [0.15, 0.2) is 0 Å². The number of nitrogens with zero attached hydrogens (tertiary/aromatic N) is 1. The van der Waals surface area contributed by atoms with E-state index in [1.54, 1.807) is 12.3 Å². The lowest BCUT2D eigenvalue weighted by Crippen LogP contribution is -2.45. The van der Waals surface area contributed by atoms with Crippen molar-refractivity contribution in [3.8, 4) is 0 Å². The SMILES string of the molecule is CC(C)(C)NSc1ccc(NC(=O)C(CC2CCOCC2)NC(=O)c2ccc(F)cc2)cn1. The topological polar surface area (TPSA) is 92.4 Å². The van der Waals surface area contributed by atoms with E-state index in [2.05, 4.69) is 41.1 Å². The van der Waals surface area contributed by atoms with E-state index in [1.165, 1.54) is 36.2 Å². The van der Waals surface area contributed by atoms with Crippen LogP contribution in [0.3, 0.4) is 0 Å². The zero-order chi connectivity index (χ0) is 23.8. The highest BCUT2D eigenvalue weighted by atomic mass is 32.2. The summed E-state index contributed by atoms with van der Waals surface area (Å²) in [7, 11) is 0. The molecule has 0 aliphatic carbocycles. The van der Waals surface area contributed by atoms with Crippen molar-refractivity contribution in [2.24, 2.45) is 5.92 Å². The van der Waals surface area contributed by atoms with Crippen LogP contribution in [0.15, 0.2) is 47.6 Å². The number of pyridine rings is 1. The number of benzene rings is 1. The Morgan fingerprint density at radius 1 is 1.15 bits per heavy atom. The summed E-state index contributed by atoms with van der Waals surface area (Å²) < 4.78 is 21.9. The molecule has 1 aliphatic rings. The van der Waals surface area contributed by atoms with Gasteiger partial charge in [-0.1, -0.05) is 0 Å². The van der Waals surface area contributed by atoms with E-state index in [1.807, 2.05) is 6.07 Å². The first kappa shape index (κ1) is 25.1. The number of hydrogen-bond donors (Lipinski definition) is 3. The quantitative estimate of drug-likeness (QED) is 0.498. The van der Waals surface area contributed by atoms with E-state index >= 15 is 0 Å². The van der Waals surface area contributed by atoms with Gasteiger partial charge in [0.25, 0.3) is 5.91 Å². The molecule has 1 aromatic carbocycles. The Hall–Kier alpha value is -2.49. The number of anilines is 1. The Balaban J connectivity index is 1.66. The fourth-order valence-corrected chi connectivity index (χ4v) is 3.99. The number of carbonyl (C=O) groups is 2. The molecule has 7 nitrogen and oxygen atoms in total. The summed E-state index contributed by atoms with van der Waals surface area (Å²) in [4.78, 5) is 30.2. The third-order valence-corrected chi connectivity index (χ3v) is 6.27. The monoisotopic (exact) mass is 474 g/mol. The predicted octanol–water partition coefficient (Wildman–Crippen LogP) is 4.17. The highest BCUT2D eigenvalue weighted by molar-refractivity contribution is 7.97. The van der Waals surface area contributed by atoms with E-state index in [9.17, 15) is 14.0 Å². The van der Waals surface area contributed by atoms with E-state index < -0.39 is 17.8 Å². The summed E-state index contributed by atoms with van der Waals surface area (Å²) in [5.41, 5.74) is 0.794. The Bertz CT molecular complexity index is 926. The van der Waals surface area contributed by atoms with E-state index in [0.717, 1.165) is 17.9 Å². The molecule has 0 radical (unpaired) electrons. The van der Waals surface area contributed by atoms with Gasteiger partial charge >= 0.3 is 0 Å². The van der Waals surface area contributed by atoms with Crippen LogP contribution in [-0.4, -0.2) is 41.6 Å². The van der Waals surface area contributed by atoms with Crippen molar-refractivity contribution in [2.45, 2.75) is 56.6 Å². The van der Waals surface area contributed by atoms with Crippen LogP contribution >= 0.6 is 11.9 Å². The molecule has 1 aromatic heterocycles. The fraction of sp³-hybridized carbons (Fsp3) is 0.458. The minimum absolute atomic E-state index is 0.0562. The van der Waals surface area contributed by atoms with Crippen molar-refractivity contribution >= 4 is 29.4 Å². The minimum Gasteiger partial charge on any atom is -0.381 e. The normalized spacial score (nSPS) is 15.6. The number of rotatable bonds is 8. The largest absolute Gasteiger partial charge is 0.381 e. The molecule has 1 saturated heterocycles. The van der Waals surface area contributed by atoms with Gasteiger partial charge in [0.05, 0.1) is 11.9 Å². The molecule has 1 unspecified atom stereocenters. The van der Waals surface area contributed by atoms with Gasteiger partial charge in [0, 0.05) is 24.3 Å². The molecule has 1 aliphatic heterocycles. The molecule has 2 aromatic rings. The van der Waals surface area contributed by atoms with Gasteiger partial charge in [0.1, 0.15) is 16.9 Å². The fourth-order valence-electron chi connectivity index (χ4n) is 3.34. The zero-order valence-electron chi connectivity index (χ0n) is 19.2. The second-order valence-corrected chi connectivity index (χ2v) is 9.98. The van der Waals surface area contributed by atoms with Crippen molar-refractivity contribution in [3.05, 3.63) is 54.0 Å². The average molecular weight is 475 g/mol. The summed E-state index contributed by atoms with van der Waals surface area (Å²) in [5, 5.41) is 6.46. The molecule has 0 spiro atoms. The molecule has 2 heterocycles. The standard InChI is InChI=1S/C24H31FN4O3S/c1-24(2,3)29-33-21-9-8-19(15-26-21)27-23(31)20(14-16-10-12-32-13-11-16)28-22(30)17-4-6-18(25)7-5-17/h4-9,15-16,20,29H,10-14H2,1-3H3,(H,27,31)(H,28,30). The highest BCUT2D eigenvalue weighted by Gasteiger charge is 2.27. The van der Waals surface area contributed by atoms with Gasteiger partial charge in [-0.15, -0.1) is 0 Å². The first-order valence-electron chi connectivity index (χ1n) is 11.0. The molecule has 0 bridgehead atoms. The predicted molar refractivity (Wildman–Crippen MR) is 127 cm³/mol. The van der Waals surface area contributed by atoms with Crippen molar-refractivity contribution in [1.29, 1.82) is 0 Å². The summed E-state index contributed by atoms with van der Waals surface area (Å²) in [6.45, 7) is 7.49. The molecule has 1 fully saturated rings. The number of halogens is 1. The number of aromatic nitrogens is 1. The molecular formula is C24H31FN4O3S. The van der Waals surface area contributed by atoms with Crippen molar-refractivity contribution in [3.63, 3.8) is 0 Å². The third kappa shape index (κ3) is 8.42. The summed E-state index contributed by atoms with van der Waals surface area (Å²) >= 11 is 1.42. The van der Waals surface area contributed by atoms with Crippen LogP contribution in [0.5, 0.6) is 0 Å². The summed E-state index contributed by atoms with van der Waals surface area (Å²) in [6, 6.07) is 8.13.